The van der Waals surface area contributed by atoms with Gasteiger partial charge in [-0.05, 0) is 31.0 Å². The number of hydrogen-bond acceptors (Lipinski definition) is 4. The minimum atomic E-state index is -3.61. The second-order valence-corrected chi connectivity index (χ2v) is 5.99. The van der Waals surface area contributed by atoms with Crippen molar-refractivity contribution in [3.05, 3.63) is 42.2 Å². The highest BCUT2D eigenvalue weighted by atomic mass is 32.2. The van der Waals surface area contributed by atoms with Crippen LogP contribution in [0.15, 0.2) is 41.6 Å². The Balaban J connectivity index is 2.17. The number of aryl methyl sites for hydroxylation is 1. The van der Waals surface area contributed by atoms with Gasteiger partial charge in [-0.25, -0.2) is 8.42 Å². The predicted molar refractivity (Wildman–Crippen MR) is 75.9 cm³/mol. The van der Waals surface area contributed by atoms with Crippen molar-refractivity contribution in [2.45, 2.75) is 24.8 Å². The summed E-state index contributed by atoms with van der Waals surface area (Å²) in [5, 5.41) is 12.8. The van der Waals surface area contributed by atoms with Gasteiger partial charge in [0.15, 0.2) is 0 Å². The van der Waals surface area contributed by atoms with Crippen LogP contribution in [-0.4, -0.2) is 29.9 Å². The Labute approximate surface area is 118 Å². The van der Waals surface area contributed by atoms with Gasteiger partial charge in [-0.1, -0.05) is 12.1 Å². The van der Waals surface area contributed by atoms with Gasteiger partial charge in [0.05, 0.1) is 16.8 Å². The van der Waals surface area contributed by atoms with Crippen molar-refractivity contribution in [2.24, 2.45) is 0 Å². The predicted octanol–water partition coefficient (Wildman–Crippen LogP) is 1.24. The summed E-state index contributed by atoms with van der Waals surface area (Å²) in [6.45, 7) is 2.64. The number of aromatic nitrogens is 2. The van der Waals surface area contributed by atoms with Crippen LogP contribution in [0.1, 0.15) is 12.5 Å². The molecule has 6 nitrogen and oxygen atoms in total. The first-order valence-corrected chi connectivity index (χ1v) is 7.78. The van der Waals surface area contributed by atoms with Gasteiger partial charge >= 0.3 is 0 Å². The zero-order valence-corrected chi connectivity index (χ0v) is 12.0. The molecule has 0 amide bonds. The molecule has 2 N–H and O–H groups in total. The van der Waals surface area contributed by atoms with Gasteiger partial charge in [-0.2, -0.15) is 5.10 Å². The van der Waals surface area contributed by atoms with Gasteiger partial charge in [0.25, 0.3) is 10.0 Å². The molecular weight excluding hydrogens is 278 g/mol. The highest BCUT2D eigenvalue weighted by Gasteiger charge is 2.14. The van der Waals surface area contributed by atoms with Crippen LogP contribution in [-0.2, 0) is 23.0 Å². The van der Waals surface area contributed by atoms with E-state index in [0.29, 0.717) is 18.7 Å². The smallest absolute Gasteiger partial charge is 0.261 e. The Bertz CT molecular complexity index is 662. The van der Waals surface area contributed by atoms with Crippen molar-refractivity contribution in [1.29, 1.82) is 0 Å². The molecule has 0 atom stereocenters. The van der Waals surface area contributed by atoms with Gasteiger partial charge in [-0.3, -0.25) is 9.40 Å². The van der Waals surface area contributed by atoms with Gasteiger partial charge in [-0.15, -0.1) is 0 Å². The van der Waals surface area contributed by atoms with E-state index in [1.54, 1.807) is 23.0 Å². The van der Waals surface area contributed by atoms with Crippen molar-refractivity contribution in [3.63, 3.8) is 0 Å². The molecular formula is C13H17N3O3S. The average molecular weight is 295 g/mol. The van der Waals surface area contributed by atoms with E-state index in [1.165, 1.54) is 18.3 Å². The molecule has 1 heterocycles. The van der Waals surface area contributed by atoms with Crippen molar-refractivity contribution >= 4 is 15.7 Å². The van der Waals surface area contributed by atoms with Crippen LogP contribution in [0.25, 0.3) is 0 Å². The van der Waals surface area contributed by atoms with Crippen LogP contribution < -0.4 is 4.72 Å². The van der Waals surface area contributed by atoms with Crippen molar-refractivity contribution < 1.29 is 13.5 Å². The molecule has 20 heavy (non-hydrogen) atoms. The standard InChI is InChI=1S/C13H17N3O3S/c1-2-16-10-12(9-14-16)15-20(18,19)13-5-3-11(4-6-13)7-8-17/h3-6,9-10,15,17H,2,7-8H2,1H3. The zero-order chi connectivity index (χ0) is 14.6. The molecule has 2 rings (SSSR count). The first-order chi connectivity index (χ1) is 9.55. The van der Waals surface area contributed by atoms with Gasteiger partial charge in [0.1, 0.15) is 0 Å². The molecule has 0 saturated carbocycles. The molecule has 0 fully saturated rings. The lowest BCUT2D eigenvalue weighted by atomic mass is 10.2. The van der Waals surface area contributed by atoms with Crippen molar-refractivity contribution in [3.8, 4) is 0 Å². The van der Waals surface area contributed by atoms with Crippen LogP contribution in [0, 0.1) is 0 Å². The lowest BCUT2D eigenvalue weighted by molar-refractivity contribution is 0.299. The lowest BCUT2D eigenvalue weighted by Crippen LogP contribution is -2.12. The molecule has 0 unspecified atom stereocenters. The Morgan fingerprint density at radius 1 is 1.30 bits per heavy atom. The normalized spacial score (nSPS) is 11.5. The second-order valence-electron chi connectivity index (χ2n) is 4.31. The fraction of sp³-hybridized carbons (Fsp3) is 0.308. The molecule has 0 radical (unpaired) electrons. The fourth-order valence-corrected chi connectivity index (χ4v) is 2.80. The highest BCUT2D eigenvalue weighted by Crippen LogP contribution is 2.16. The Morgan fingerprint density at radius 3 is 2.55 bits per heavy atom. The summed E-state index contributed by atoms with van der Waals surface area (Å²) in [6.07, 6.45) is 3.62. The third kappa shape index (κ3) is 3.37. The topological polar surface area (TPSA) is 84.2 Å². The zero-order valence-electron chi connectivity index (χ0n) is 11.2. The van der Waals surface area contributed by atoms with Crippen molar-refractivity contribution in [1.82, 2.24) is 9.78 Å². The number of sulfonamides is 1. The number of aliphatic hydroxyl groups excluding tert-OH is 1. The van der Waals surface area contributed by atoms with Crippen LogP contribution in [0.2, 0.25) is 0 Å². The maximum absolute atomic E-state index is 12.2. The summed E-state index contributed by atoms with van der Waals surface area (Å²) in [5.41, 5.74) is 1.33. The van der Waals surface area contributed by atoms with Gasteiger partial charge in [0, 0.05) is 19.3 Å². The average Bonchev–Trinajstić information content (AvgIpc) is 2.87. The number of nitrogens with zero attached hydrogens (tertiary/aromatic N) is 2. The summed E-state index contributed by atoms with van der Waals surface area (Å²) in [7, 11) is -3.61. The van der Waals surface area contributed by atoms with Crippen LogP contribution in [0.4, 0.5) is 5.69 Å². The van der Waals surface area contributed by atoms with Crippen LogP contribution in [0.3, 0.4) is 0 Å². The highest BCUT2D eigenvalue weighted by molar-refractivity contribution is 7.92. The van der Waals surface area contributed by atoms with E-state index in [-0.39, 0.29) is 11.5 Å². The van der Waals surface area contributed by atoms with Gasteiger partial charge in [0.2, 0.25) is 0 Å². The Hall–Kier alpha value is -1.86. The van der Waals surface area contributed by atoms with E-state index >= 15 is 0 Å². The summed E-state index contributed by atoms with van der Waals surface area (Å²) < 4.78 is 28.5. The SMILES string of the molecule is CCn1cc(NS(=O)(=O)c2ccc(CCO)cc2)cn1. The quantitative estimate of drug-likeness (QED) is 0.839. The van der Waals surface area contributed by atoms with Crippen molar-refractivity contribution in [2.75, 3.05) is 11.3 Å². The largest absolute Gasteiger partial charge is 0.396 e. The minimum absolute atomic E-state index is 0.0422. The van der Waals surface area contributed by atoms with Gasteiger partial charge < -0.3 is 5.11 Å². The first kappa shape index (κ1) is 14.5. The molecule has 1 aromatic heterocycles. The molecule has 0 aliphatic heterocycles. The van der Waals surface area contributed by atoms with E-state index in [0.717, 1.165) is 5.56 Å². The molecule has 7 heteroatoms. The molecule has 0 saturated heterocycles. The van der Waals surface area contributed by atoms with E-state index in [1.807, 2.05) is 6.92 Å². The summed E-state index contributed by atoms with van der Waals surface area (Å²) in [6, 6.07) is 6.44. The van der Waals surface area contributed by atoms with E-state index < -0.39 is 10.0 Å². The maximum Gasteiger partial charge on any atom is 0.261 e. The third-order valence-electron chi connectivity index (χ3n) is 2.84. The molecule has 0 aliphatic rings. The Kier molecular flexibility index (Phi) is 4.41. The first-order valence-electron chi connectivity index (χ1n) is 6.30. The summed E-state index contributed by atoms with van der Waals surface area (Å²) in [5.74, 6) is 0. The number of rotatable bonds is 6. The monoisotopic (exact) mass is 295 g/mol. The molecule has 0 aliphatic carbocycles. The molecule has 0 spiro atoms. The Morgan fingerprint density at radius 2 is 2.00 bits per heavy atom. The van der Waals surface area contributed by atoms with E-state index in [9.17, 15) is 8.42 Å². The molecule has 108 valence electrons. The molecule has 2 aromatic rings. The maximum atomic E-state index is 12.2. The number of aliphatic hydroxyl groups is 1. The second kappa shape index (κ2) is 6.06. The molecule has 0 bridgehead atoms. The number of hydrogen-bond donors (Lipinski definition) is 2. The number of nitrogens with one attached hydrogen (secondary N) is 1. The minimum Gasteiger partial charge on any atom is -0.396 e. The lowest BCUT2D eigenvalue weighted by Gasteiger charge is -2.06. The molecule has 1 aromatic carbocycles. The number of benzene rings is 1. The summed E-state index contributed by atoms with van der Waals surface area (Å²) >= 11 is 0. The van der Waals surface area contributed by atoms with Crippen LogP contribution >= 0.6 is 0 Å². The third-order valence-corrected chi connectivity index (χ3v) is 4.24. The van der Waals surface area contributed by atoms with Crippen LogP contribution in [0.5, 0.6) is 0 Å². The van der Waals surface area contributed by atoms with E-state index in [4.69, 9.17) is 5.11 Å². The number of anilines is 1. The van der Waals surface area contributed by atoms with E-state index in [2.05, 4.69) is 9.82 Å². The fourth-order valence-electron chi connectivity index (χ4n) is 1.77. The summed E-state index contributed by atoms with van der Waals surface area (Å²) in [4.78, 5) is 0.184.